The molecular formula is C25H22ClN3O6. The van der Waals surface area contributed by atoms with Gasteiger partial charge < -0.3 is 15.0 Å². The summed E-state index contributed by atoms with van der Waals surface area (Å²) >= 11 is 6.03. The molecule has 1 N–H and O–H groups in total. The number of nitro benzene ring substituents is 1. The number of hydrogen-bond donors (Lipinski definition) is 1. The average molecular weight is 496 g/mol. The normalized spacial score (nSPS) is 10.5. The molecule has 0 aromatic heterocycles. The molecule has 35 heavy (non-hydrogen) atoms. The second-order valence-electron chi connectivity index (χ2n) is 7.69. The number of para-hydroxylation sites is 2. The van der Waals surface area contributed by atoms with Crippen molar-refractivity contribution in [3.05, 3.63) is 99.1 Å². The summed E-state index contributed by atoms with van der Waals surface area (Å²) in [7, 11) is 0. The molecule has 3 aromatic rings. The number of amides is 2. The highest BCUT2D eigenvalue weighted by atomic mass is 35.5. The fraction of sp³-hybridized carbons (Fsp3) is 0.160. The van der Waals surface area contributed by atoms with Gasteiger partial charge in [-0.2, -0.15) is 0 Å². The fourth-order valence-electron chi connectivity index (χ4n) is 3.35. The summed E-state index contributed by atoms with van der Waals surface area (Å²) in [4.78, 5) is 50.0. The molecule has 0 saturated carbocycles. The number of non-ortho nitro benzene ring substituents is 1. The third-order valence-corrected chi connectivity index (χ3v) is 5.26. The first-order valence-corrected chi connectivity index (χ1v) is 11.0. The van der Waals surface area contributed by atoms with Crippen molar-refractivity contribution >= 4 is 46.4 Å². The Labute approximate surface area is 206 Å². The van der Waals surface area contributed by atoms with Crippen molar-refractivity contribution in [2.75, 3.05) is 16.8 Å². The third kappa shape index (κ3) is 6.21. The van der Waals surface area contributed by atoms with Crippen molar-refractivity contribution in [2.24, 2.45) is 0 Å². The number of nitrogens with zero attached hydrogens (tertiary/aromatic N) is 2. The van der Waals surface area contributed by atoms with E-state index in [1.807, 2.05) is 19.9 Å². The first-order valence-electron chi connectivity index (χ1n) is 10.6. The number of carbonyl (C=O) groups is 3. The van der Waals surface area contributed by atoms with Crippen LogP contribution in [0, 0.1) is 10.1 Å². The Kier molecular flexibility index (Phi) is 8.17. The molecule has 10 heteroatoms. The van der Waals surface area contributed by atoms with Gasteiger partial charge in [-0.1, -0.05) is 41.9 Å². The van der Waals surface area contributed by atoms with Gasteiger partial charge in [0.15, 0.2) is 6.61 Å². The van der Waals surface area contributed by atoms with Crippen LogP contribution in [0.5, 0.6) is 0 Å². The highest BCUT2D eigenvalue weighted by molar-refractivity contribution is 6.34. The summed E-state index contributed by atoms with van der Waals surface area (Å²) in [5.41, 5.74) is 0.573. The highest BCUT2D eigenvalue weighted by Crippen LogP contribution is 2.25. The Balaban J connectivity index is 1.73. The van der Waals surface area contributed by atoms with Crippen molar-refractivity contribution in [1.82, 2.24) is 0 Å². The summed E-state index contributed by atoms with van der Waals surface area (Å²) < 4.78 is 5.25. The maximum atomic E-state index is 12.8. The van der Waals surface area contributed by atoms with Crippen LogP contribution in [0.2, 0.25) is 5.02 Å². The number of anilines is 2. The fourth-order valence-corrected chi connectivity index (χ4v) is 3.62. The lowest BCUT2D eigenvalue weighted by molar-refractivity contribution is -0.384. The molecule has 0 aliphatic heterocycles. The average Bonchev–Trinajstić information content (AvgIpc) is 2.83. The van der Waals surface area contributed by atoms with Gasteiger partial charge in [0.2, 0.25) is 0 Å². The molecule has 0 aliphatic rings. The van der Waals surface area contributed by atoms with E-state index in [9.17, 15) is 24.5 Å². The smallest absolute Gasteiger partial charge is 0.340 e. The Morgan fingerprint density at radius 2 is 1.66 bits per heavy atom. The molecular weight excluding hydrogens is 474 g/mol. The standard InChI is InChI=1S/C25H22ClN3O6/c1-16(2)28(17-8-4-3-5-9-17)23(30)15-35-25(32)20-10-6-7-11-22(20)27-24(31)19-13-12-18(29(33)34)14-21(19)26/h3-14,16H,15H2,1-2H3,(H,27,31). The molecule has 0 radical (unpaired) electrons. The van der Waals surface area contributed by atoms with Crippen LogP contribution in [-0.2, 0) is 9.53 Å². The van der Waals surface area contributed by atoms with E-state index in [4.69, 9.17) is 16.3 Å². The summed E-state index contributed by atoms with van der Waals surface area (Å²) in [6.07, 6.45) is 0. The van der Waals surface area contributed by atoms with E-state index in [1.54, 1.807) is 36.4 Å². The lowest BCUT2D eigenvalue weighted by atomic mass is 10.1. The van der Waals surface area contributed by atoms with Crippen molar-refractivity contribution in [1.29, 1.82) is 0 Å². The zero-order valence-corrected chi connectivity index (χ0v) is 19.7. The lowest BCUT2D eigenvalue weighted by Gasteiger charge is -2.26. The van der Waals surface area contributed by atoms with E-state index in [2.05, 4.69) is 5.32 Å². The molecule has 0 fully saturated rings. The molecule has 9 nitrogen and oxygen atoms in total. The van der Waals surface area contributed by atoms with Gasteiger partial charge in [0.25, 0.3) is 17.5 Å². The molecule has 3 aromatic carbocycles. The minimum absolute atomic E-state index is 0.00829. The highest BCUT2D eigenvalue weighted by Gasteiger charge is 2.23. The molecule has 0 unspecified atom stereocenters. The maximum Gasteiger partial charge on any atom is 0.340 e. The Morgan fingerprint density at radius 1 is 1.00 bits per heavy atom. The summed E-state index contributed by atoms with van der Waals surface area (Å²) in [5.74, 6) is -1.88. The molecule has 0 bridgehead atoms. The summed E-state index contributed by atoms with van der Waals surface area (Å²) in [6, 6.07) is 18.4. The number of hydrogen-bond acceptors (Lipinski definition) is 6. The van der Waals surface area contributed by atoms with E-state index < -0.39 is 29.3 Å². The zero-order chi connectivity index (χ0) is 25.5. The Bertz CT molecular complexity index is 1260. The molecule has 2 amide bonds. The van der Waals surface area contributed by atoms with Crippen molar-refractivity contribution in [2.45, 2.75) is 19.9 Å². The Hall–Kier alpha value is -4.24. The monoisotopic (exact) mass is 495 g/mol. The van der Waals surface area contributed by atoms with Gasteiger partial charge in [0.05, 0.1) is 26.8 Å². The second-order valence-corrected chi connectivity index (χ2v) is 8.10. The molecule has 0 saturated heterocycles. The molecule has 0 heterocycles. The largest absolute Gasteiger partial charge is 0.452 e. The third-order valence-electron chi connectivity index (χ3n) is 4.95. The van der Waals surface area contributed by atoms with Crippen LogP contribution in [0.15, 0.2) is 72.8 Å². The van der Waals surface area contributed by atoms with Crippen LogP contribution >= 0.6 is 11.6 Å². The van der Waals surface area contributed by atoms with E-state index in [-0.39, 0.29) is 33.6 Å². The number of carbonyl (C=O) groups excluding carboxylic acids is 3. The van der Waals surface area contributed by atoms with Crippen LogP contribution in [-0.4, -0.2) is 35.4 Å². The number of nitro groups is 1. The number of ether oxygens (including phenoxy) is 1. The van der Waals surface area contributed by atoms with Crippen molar-refractivity contribution < 1.29 is 24.0 Å². The van der Waals surface area contributed by atoms with E-state index >= 15 is 0 Å². The van der Waals surface area contributed by atoms with Crippen LogP contribution in [0.4, 0.5) is 17.1 Å². The van der Waals surface area contributed by atoms with Gasteiger partial charge in [-0.3, -0.25) is 19.7 Å². The quantitative estimate of drug-likeness (QED) is 0.264. The maximum absolute atomic E-state index is 12.8. The van der Waals surface area contributed by atoms with Crippen molar-refractivity contribution in [3.63, 3.8) is 0 Å². The number of esters is 1. The summed E-state index contributed by atoms with van der Waals surface area (Å²) in [5, 5.41) is 13.3. The van der Waals surface area contributed by atoms with Gasteiger partial charge in [-0.15, -0.1) is 0 Å². The second kappa shape index (κ2) is 11.3. The van der Waals surface area contributed by atoms with Gasteiger partial charge in [0.1, 0.15) is 0 Å². The minimum atomic E-state index is -0.805. The number of rotatable bonds is 8. The van der Waals surface area contributed by atoms with E-state index in [0.29, 0.717) is 5.69 Å². The van der Waals surface area contributed by atoms with Crippen LogP contribution in [0.3, 0.4) is 0 Å². The van der Waals surface area contributed by atoms with Gasteiger partial charge >= 0.3 is 5.97 Å². The van der Waals surface area contributed by atoms with Crippen LogP contribution < -0.4 is 10.2 Å². The summed E-state index contributed by atoms with van der Waals surface area (Å²) in [6.45, 7) is 3.20. The zero-order valence-electron chi connectivity index (χ0n) is 18.9. The Morgan fingerprint density at radius 3 is 2.29 bits per heavy atom. The van der Waals surface area contributed by atoms with E-state index in [0.717, 1.165) is 12.1 Å². The molecule has 3 rings (SSSR count). The van der Waals surface area contributed by atoms with E-state index in [1.165, 1.54) is 23.1 Å². The molecule has 0 atom stereocenters. The first kappa shape index (κ1) is 25.4. The number of benzene rings is 3. The van der Waals surface area contributed by atoms with Gasteiger partial charge in [0, 0.05) is 23.9 Å². The van der Waals surface area contributed by atoms with Crippen molar-refractivity contribution in [3.8, 4) is 0 Å². The number of halogens is 1. The number of nitrogens with one attached hydrogen (secondary N) is 1. The first-order chi connectivity index (χ1) is 16.7. The van der Waals surface area contributed by atoms with Gasteiger partial charge in [-0.25, -0.2) is 4.79 Å². The molecule has 0 aliphatic carbocycles. The van der Waals surface area contributed by atoms with Gasteiger partial charge in [-0.05, 0) is 44.2 Å². The van der Waals surface area contributed by atoms with Crippen LogP contribution in [0.1, 0.15) is 34.6 Å². The van der Waals surface area contributed by atoms with Crippen LogP contribution in [0.25, 0.3) is 0 Å². The molecule has 180 valence electrons. The topological polar surface area (TPSA) is 119 Å². The SMILES string of the molecule is CC(C)N(C(=O)COC(=O)c1ccccc1NC(=O)c1ccc([N+](=O)[O-])cc1Cl)c1ccccc1. The molecule has 0 spiro atoms. The predicted molar refractivity (Wildman–Crippen MR) is 132 cm³/mol. The minimum Gasteiger partial charge on any atom is -0.452 e. The lowest BCUT2D eigenvalue weighted by Crippen LogP contribution is -2.39. The predicted octanol–water partition coefficient (Wildman–Crippen LogP) is 5.10.